The smallest absolute Gasteiger partial charge is 0.362 e. The van der Waals surface area contributed by atoms with Gasteiger partial charge in [0.2, 0.25) is 12.2 Å². The molecule has 2 unspecified atom stereocenters. The third kappa shape index (κ3) is 2.68. The fourth-order valence-corrected chi connectivity index (χ4v) is 2.80. The average molecular weight is 318 g/mol. The van der Waals surface area contributed by atoms with Gasteiger partial charge in [-0.3, -0.25) is 18.9 Å². The van der Waals surface area contributed by atoms with Crippen LogP contribution in [0.2, 0.25) is 0 Å². The van der Waals surface area contributed by atoms with E-state index in [1.807, 2.05) is 0 Å². The standard InChI is InChI=1S/C8H10N6O6S/c9-6(16)7-10-2-13(12-7)1-4-5(11-3-15)8(17)14(4)21(18,19)20/h2-5H,1H2,(H2,9,16)(H,11,15)(H,18,19,20). The summed E-state index contributed by atoms with van der Waals surface area (Å²) in [6.45, 7) is -0.225. The van der Waals surface area contributed by atoms with Gasteiger partial charge in [0.05, 0.1) is 12.6 Å². The number of β-lactam (4-membered cyclic amide) rings is 1. The van der Waals surface area contributed by atoms with Crippen LogP contribution in [0.4, 0.5) is 0 Å². The number of nitrogens with two attached hydrogens (primary N) is 1. The van der Waals surface area contributed by atoms with E-state index < -0.39 is 34.2 Å². The van der Waals surface area contributed by atoms with E-state index in [-0.39, 0.29) is 23.1 Å². The Balaban J connectivity index is 2.22. The zero-order valence-corrected chi connectivity index (χ0v) is 11.1. The SMILES string of the molecule is NC(=O)c1ncn(CC2C(NC=O)C(=O)N2S(=O)(=O)O)n1. The molecule has 0 bridgehead atoms. The second-order valence-corrected chi connectivity index (χ2v) is 5.38. The number of nitrogens with one attached hydrogen (secondary N) is 1. The van der Waals surface area contributed by atoms with Gasteiger partial charge in [-0.2, -0.15) is 8.42 Å². The van der Waals surface area contributed by atoms with E-state index in [1.165, 1.54) is 0 Å². The maximum atomic E-state index is 11.6. The molecule has 1 aromatic heterocycles. The average Bonchev–Trinajstić information content (AvgIpc) is 2.82. The van der Waals surface area contributed by atoms with Crippen LogP contribution in [0.3, 0.4) is 0 Å². The lowest BCUT2D eigenvalue weighted by molar-refractivity contribution is -0.144. The van der Waals surface area contributed by atoms with E-state index in [9.17, 15) is 22.8 Å². The Morgan fingerprint density at radius 3 is 2.71 bits per heavy atom. The molecule has 1 fully saturated rings. The molecule has 12 nitrogen and oxygen atoms in total. The van der Waals surface area contributed by atoms with Gasteiger partial charge in [0.25, 0.3) is 11.8 Å². The van der Waals surface area contributed by atoms with Crippen molar-refractivity contribution < 1.29 is 27.4 Å². The number of rotatable bonds is 6. The third-order valence-electron chi connectivity index (χ3n) is 2.80. The summed E-state index contributed by atoms with van der Waals surface area (Å²) in [6, 6.07) is -2.23. The van der Waals surface area contributed by atoms with Gasteiger partial charge >= 0.3 is 10.3 Å². The lowest BCUT2D eigenvalue weighted by atomic mass is 9.99. The first-order valence-corrected chi connectivity index (χ1v) is 6.85. The first kappa shape index (κ1) is 14.9. The molecule has 4 N–H and O–H groups in total. The Morgan fingerprint density at radius 1 is 1.57 bits per heavy atom. The van der Waals surface area contributed by atoms with E-state index >= 15 is 0 Å². The maximum absolute atomic E-state index is 11.6. The van der Waals surface area contributed by atoms with Crippen molar-refractivity contribution in [2.45, 2.75) is 18.6 Å². The highest BCUT2D eigenvalue weighted by Gasteiger charge is 2.53. The van der Waals surface area contributed by atoms with Crippen LogP contribution in [0.1, 0.15) is 10.6 Å². The molecule has 1 aliphatic heterocycles. The van der Waals surface area contributed by atoms with E-state index in [0.717, 1.165) is 11.0 Å². The normalized spacial score (nSPS) is 21.8. The minimum Gasteiger partial charge on any atom is -0.363 e. The van der Waals surface area contributed by atoms with Crippen molar-refractivity contribution in [1.82, 2.24) is 24.4 Å². The van der Waals surface area contributed by atoms with Crippen LogP contribution in [0.15, 0.2) is 6.33 Å². The zero-order chi connectivity index (χ0) is 15.8. The monoisotopic (exact) mass is 318 g/mol. The van der Waals surface area contributed by atoms with Crippen LogP contribution in [0.25, 0.3) is 0 Å². The highest BCUT2D eigenvalue weighted by atomic mass is 32.2. The number of primary amides is 1. The molecule has 0 aromatic carbocycles. The van der Waals surface area contributed by atoms with Gasteiger partial charge in [-0.25, -0.2) is 14.0 Å². The molecule has 1 aliphatic rings. The van der Waals surface area contributed by atoms with Gasteiger partial charge in [0, 0.05) is 0 Å². The molecule has 0 aliphatic carbocycles. The molecule has 3 amide bonds. The van der Waals surface area contributed by atoms with Crippen LogP contribution >= 0.6 is 0 Å². The van der Waals surface area contributed by atoms with Crippen molar-refractivity contribution in [1.29, 1.82) is 0 Å². The molecule has 2 heterocycles. The quantitative estimate of drug-likeness (QED) is 0.275. The van der Waals surface area contributed by atoms with E-state index in [2.05, 4.69) is 15.4 Å². The molecule has 21 heavy (non-hydrogen) atoms. The third-order valence-corrected chi connectivity index (χ3v) is 3.74. The van der Waals surface area contributed by atoms with Gasteiger partial charge < -0.3 is 11.1 Å². The predicted octanol–water partition coefficient (Wildman–Crippen LogP) is -3.49. The van der Waals surface area contributed by atoms with Gasteiger partial charge in [-0.15, -0.1) is 5.10 Å². The molecule has 0 saturated carbocycles. The van der Waals surface area contributed by atoms with Gasteiger partial charge in [0.15, 0.2) is 0 Å². The second-order valence-electron chi connectivity index (χ2n) is 4.10. The van der Waals surface area contributed by atoms with Crippen molar-refractivity contribution in [3.05, 3.63) is 12.2 Å². The highest BCUT2D eigenvalue weighted by molar-refractivity contribution is 7.84. The highest BCUT2D eigenvalue weighted by Crippen LogP contribution is 2.24. The van der Waals surface area contributed by atoms with Crippen molar-refractivity contribution in [3.8, 4) is 0 Å². The molecular formula is C8H10N6O6S. The Kier molecular flexibility index (Phi) is 3.61. The number of aromatic nitrogens is 3. The molecule has 2 rings (SSSR count). The van der Waals surface area contributed by atoms with Gasteiger partial charge in [-0.05, 0) is 0 Å². The summed E-state index contributed by atoms with van der Waals surface area (Å²) in [7, 11) is -4.77. The zero-order valence-electron chi connectivity index (χ0n) is 10.3. The number of hydrogen-bond donors (Lipinski definition) is 3. The largest absolute Gasteiger partial charge is 0.363 e. The lowest BCUT2D eigenvalue weighted by Crippen LogP contribution is -2.72. The van der Waals surface area contributed by atoms with Crippen LogP contribution in [0, 0.1) is 0 Å². The molecule has 1 aromatic rings. The Morgan fingerprint density at radius 2 is 2.24 bits per heavy atom. The van der Waals surface area contributed by atoms with Crippen molar-refractivity contribution >= 4 is 28.5 Å². The summed E-state index contributed by atoms with van der Waals surface area (Å²) in [5.41, 5.74) is 4.96. The van der Waals surface area contributed by atoms with Crippen molar-refractivity contribution in [2.24, 2.45) is 5.73 Å². The fraction of sp³-hybridized carbons (Fsp3) is 0.375. The van der Waals surface area contributed by atoms with Crippen LogP contribution in [0.5, 0.6) is 0 Å². The van der Waals surface area contributed by atoms with E-state index in [4.69, 9.17) is 10.3 Å². The predicted molar refractivity (Wildman–Crippen MR) is 63.7 cm³/mol. The van der Waals surface area contributed by atoms with E-state index in [1.54, 1.807) is 0 Å². The van der Waals surface area contributed by atoms with Gasteiger partial charge in [-0.1, -0.05) is 0 Å². The minimum atomic E-state index is -4.77. The molecular weight excluding hydrogens is 308 g/mol. The maximum Gasteiger partial charge on any atom is 0.362 e. The van der Waals surface area contributed by atoms with Crippen LogP contribution in [-0.2, 0) is 26.4 Å². The Hall–Kier alpha value is -2.54. The van der Waals surface area contributed by atoms with Crippen LogP contribution < -0.4 is 11.1 Å². The number of hydrogen-bond acceptors (Lipinski definition) is 7. The van der Waals surface area contributed by atoms with Crippen LogP contribution in [-0.4, -0.2) is 62.3 Å². The first-order chi connectivity index (χ1) is 9.75. The van der Waals surface area contributed by atoms with Crippen molar-refractivity contribution in [2.75, 3.05) is 0 Å². The summed E-state index contributed by atoms with van der Waals surface area (Å²) >= 11 is 0. The second kappa shape index (κ2) is 5.10. The first-order valence-electron chi connectivity index (χ1n) is 5.45. The summed E-state index contributed by atoms with van der Waals surface area (Å²) in [4.78, 5) is 36.4. The summed E-state index contributed by atoms with van der Waals surface area (Å²) in [5, 5.41) is 5.80. The van der Waals surface area contributed by atoms with Gasteiger partial charge in [0.1, 0.15) is 12.4 Å². The molecule has 114 valence electrons. The number of carbonyl (C=O) groups is 3. The molecule has 1 saturated heterocycles. The molecule has 0 spiro atoms. The summed E-state index contributed by atoms with van der Waals surface area (Å²) in [6.07, 6.45) is 1.33. The topological polar surface area (TPSA) is 178 Å². The van der Waals surface area contributed by atoms with E-state index in [0.29, 0.717) is 0 Å². The minimum absolute atomic E-state index is 0.208. The summed E-state index contributed by atoms with van der Waals surface area (Å²) < 4.78 is 32.5. The van der Waals surface area contributed by atoms with Crippen molar-refractivity contribution in [3.63, 3.8) is 0 Å². The molecule has 0 radical (unpaired) electrons. The molecule has 2 atom stereocenters. The summed E-state index contributed by atoms with van der Waals surface area (Å²) in [5.74, 6) is -2.16. The lowest BCUT2D eigenvalue weighted by Gasteiger charge is -2.43. The number of nitrogens with zero attached hydrogens (tertiary/aromatic N) is 4. The molecule has 13 heteroatoms. The number of carbonyl (C=O) groups excluding carboxylic acids is 3. The fourth-order valence-electron chi connectivity index (χ4n) is 1.93. The Bertz CT molecular complexity index is 698. The number of amides is 3. The Labute approximate surface area is 117 Å².